The second-order valence-corrected chi connectivity index (χ2v) is 3.91. The number of hydrogen-bond donors (Lipinski definition) is 0. The van der Waals surface area contributed by atoms with Crippen molar-refractivity contribution in [2.45, 2.75) is 6.92 Å². The van der Waals surface area contributed by atoms with Gasteiger partial charge in [0.1, 0.15) is 0 Å². The maximum absolute atomic E-state index is 4.33. The number of rotatable bonds is 0. The third kappa shape index (κ3) is 1.20. The molecule has 0 unspecified atom stereocenters. The Bertz CT molecular complexity index is 423. The molecular formula is C10H8IN. The maximum atomic E-state index is 4.33. The van der Waals surface area contributed by atoms with Crippen molar-refractivity contribution in [3.63, 3.8) is 0 Å². The van der Waals surface area contributed by atoms with Gasteiger partial charge in [-0.3, -0.25) is 4.98 Å². The lowest BCUT2D eigenvalue weighted by molar-refractivity contribution is 1.34. The van der Waals surface area contributed by atoms with Crippen LogP contribution in [-0.4, -0.2) is 4.98 Å². The van der Waals surface area contributed by atoms with E-state index in [1.165, 1.54) is 14.5 Å². The van der Waals surface area contributed by atoms with E-state index in [-0.39, 0.29) is 0 Å². The molecule has 0 N–H and O–H groups in total. The van der Waals surface area contributed by atoms with E-state index in [1.807, 2.05) is 24.4 Å². The molecule has 0 spiro atoms. The Labute approximate surface area is 85.0 Å². The van der Waals surface area contributed by atoms with Crippen LogP contribution < -0.4 is 0 Å². The van der Waals surface area contributed by atoms with Gasteiger partial charge < -0.3 is 0 Å². The Morgan fingerprint density at radius 1 is 1.25 bits per heavy atom. The quantitative estimate of drug-likeness (QED) is 0.669. The first-order valence-electron chi connectivity index (χ1n) is 3.79. The fraction of sp³-hybridized carbons (Fsp3) is 0.100. The molecule has 0 aliphatic heterocycles. The van der Waals surface area contributed by atoms with Gasteiger partial charge in [-0.2, -0.15) is 0 Å². The van der Waals surface area contributed by atoms with Crippen LogP contribution in [0.4, 0.5) is 0 Å². The van der Waals surface area contributed by atoms with Crippen LogP contribution in [0.1, 0.15) is 5.56 Å². The zero-order chi connectivity index (χ0) is 8.55. The molecule has 60 valence electrons. The predicted octanol–water partition coefficient (Wildman–Crippen LogP) is 3.15. The lowest BCUT2D eigenvalue weighted by atomic mass is 10.1. The minimum Gasteiger partial charge on any atom is -0.255 e. The molecule has 0 atom stereocenters. The van der Waals surface area contributed by atoms with Crippen molar-refractivity contribution < 1.29 is 0 Å². The SMILES string of the molecule is Cc1c(I)cnc2ccccc12. The fourth-order valence-corrected chi connectivity index (χ4v) is 1.68. The molecule has 1 heterocycles. The summed E-state index contributed by atoms with van der Waals surface area (Å²) < 4.78 is 1.23. The third-order valence-corrected chi connectivity index (χ3v) is 3.07. The summed E-state index contributed by atoms with van der Waals surface area (Å²) in [5.41, 5.74) is 2.40. The number of pyridine rings is 1. The highest BCUT2D eigenvalue weighted by atomic mass is 127. The van der Waals surface area contributed by atoms with E-state index >= 15 is 0 Å². The average Bonchev–Trinajstić information content (AvgIpc) is 2.12. The molecule has 12 heavy (non-hydrogen) atoms. The number of para-hydroxylation sites is 1. The van der Waals surface area contributed by atoms with Gasteiger partial charge in [-0.25, -0.2) is 0 Å². The Balaban J connectivity index is 2.91. The lowest BCUT2D eigenvalue weighted by Gasteiger charge is -2.01. The van der Waals surface area contributed by atoms with Gasteiger partial charge in [0.25, 0.3) is 0 Å². The van der Waals surface area contributed by atoms with Crippen LogP contribution in [0, 0.1) is 10.5 Å². The molecule has 0 radical (unpaired) electrons. The molecule has 1 aromatic heterocycles. The van der Waals surface area contributed by atoms with Crippen molar-refractivity contribution in [3.05, 3.63) is 39.6 Å². The summed E-state index contributed by atoms with van der Waals surface area (Å²) in [7, 11) is 0. The molecule has 1 aromatic carbocycles. The zero-order valence-corrected chi connectivity index (χ0v) is 8.87. The number of halogens is 1. The van der Waals surface area contributed by atoms with Crippen molar-refractivity contribution in [2.24, 2.45) is 0 Å². The summed E-state index contributed by atoms with van der Waals surface area (Å²) >= 11 is 2.31. The number of fused-ring (bicyclic) bond motifs is 1. The number of hydrogen-bond acceptors (Lipinski definition) is 1. The van der Waals surface area contributed by atoms with E-state index in [4.69, 9.17) is 0 Å². The molecule has 1 nitrogen and oxygen atoms in total. The highest BCUT2D eigenvalue weighted by molar-refractivity contribution is 14.1. The number of aryl methyl sites for hydroxylation is 1. The minimum atomic E-state index is 1.08. The second-order valence-electron chi connectivity index (χ2n) is 2.75. The van der Waals surface area contributed by atoms with E-state index in [2.05, 4.69) is 40.6 Å². The smallest absolute Gasteiger partial charge is 0.0705 e. The first kappa shape index (κ1) is 7.98. The molecule has 2 aromatic rings. The second kappa shape index (κ2) is 3.01. The standard InChI is InChI=1S/C10H8IN/c1-7-8-4-2-3-5-10(8)12-6-9(7)11/h2-6H,1H3. The summed E-state index contributed by atoms with van der Waals surface area (Å²) in [6.45, 7) is 2.13. The highest BCUT2D eigenvalue weighted by Crippen LogP contribution is 2.19. The fourth-order valence-electron chi connectivity index (χ4n) is 1.26. The van der Waals surface area contributed by atoms with Gasteiger partial charge in [0.15, 0.2) is 0 Å². The molecule has 0 saturated carbocycles. The van der Waals surface area contributed by atoms with Crippen LogP contribution >= 0.6 is 22.6 Å². The lowest BCUT2D eigenvalue weighted by Crippen LogP contribution is -1.85. The Morgan fingerprint density at radius 3 is 2.83 bits per heavy atom. The molecular weight excluding hydrogens is 261 g/mol. The summed E-state index contributed by atoms with van der Waals surface area (Å²) in [5.74, 6) is 0. The van der Waals surface area contributed by atoms with E-state index in [0.29, 0.717) is 0 Å². The molecule has 0 bridgehead atoms. The molecule has 0 saturated heterocycles. The van der Waals surface area contributed by atoms with E-state index in [9.17, 15) is 0 Å². The topological polar surface area (TPSA) is 12.9 Å². The normalized spacial score (nSPS) is 10.5. The molecule has 0 amide bonds. The summed E-state index contributed by atoms with van der Waals surface area (Å²) in [4.78, 5) is 4.33. The molecule has 2 heteroatoms. The number of nitrogens with zero attached hydrogens (tertiary/aromatic N) is 1. The molecule has 0 aliphatic carbocycles. The van der Waals surface area contributed by atoms with Crippen LogP contribution in [0.2, 0.25) is 0 Å². The maximum Gasteiger partial charge on any atom is 0.0705 e. The first-order valence-corrected chi connectivity index (χ1v) is 4.87. The number of benzene rings is 1. The molecule has 0 aliphatic rings. The molecule has 0 fully saturated rings. The van der Waals surface area contributed by atoms with Crippen LogP contribution in [0.15, 0.2) is 30.5 Å². The van der Waals surface area contributed by atoms with Gasteiger partial charge in [-0.15, -0.1) is 0 Å². The van der Waals surface area contributed by atoms with Crippen molar-refractivity contribution in [2.75, 3.05) is 0 Å². The van der Waals surface area contributed by atoms with Crippen molar-refractivity contribution in [1.82, 2.24) is 4.98 Å². The van der Waals surface area contributed by atoms with Gasteiger partial charge in [0.05, 0.1) is 5.52 Å². The van der Waals surface area contributed by atoms with Gasteiger partial charge >= 0.3 is 0 Å². The van der Waals surface area contributed by atoms with Crippen molar-refractivity contribution in [1.29, 1.82) is 0 Å². The van der Waals surface area contributed by atoms with Gasteiger partial charge in [0.2, 0.25) is 0 Å². The Hall–Kier alpha value is -0.640. The van der Waals surface area contributed by atoms with Crippen molar-refractivity contribution in [3.8, 4) is 0 Å². The zero-order valence-electron chi connectivity index (χ0n) is 6.71. The first-order chi connectivity index (χ1) is 5.79. The molecule has 2 rings (SSSR count). The van der Waals surface area contributed by atoms with E-state index < -0.39 is 0 Å². The monoisotopic (exact) mass is 269 g/mol. The van der Waals surface area contributed by atoms with Crippen molar-refractivity contribution >= 4 is 33.5 Å². The highest BCUT2D eigenvalue weighted by Gasteiger charge is 1.99. The van der Waals surface area contributed by atoms with Crippen LogP contribution in [-0.2, 0) is 0 Å². The van der Waals surface area contributed by atoms with Crippen LogP contribution in [0.5, 0.6) is 0 Å². The summed E-state index contributed by atoms with van der Waals surface area (Å²) in [5, 5.41) is 1.25. The van der Waals surface area contributed by atoms with Crippen LogP contribution in [0.25, 0.3) is 10.9 Å². The van der Waals surface area contributed by atoms with Gasteiger partial charge in [-0.05, 0) is 41.1 Å². The van der Waals surface area contributed by atoms with Crippen LogP contribution in [0.3, 0.4) is 0 Å². The summed E-state index contributed by atoms with van der Waals surface area (Å²) in [6, 6.07) is 8.22. The van der Waals surface area contributed by atoms with Gasteiger partial charge in [0, 0.05) is 15.2 Å². The van der Waals surface area contributed by atoms with Gasteiger partial charge in [-0.1, -0.05) is 18.2 Å². The average molecular weight is 269 g/mol. The number of aromatic nitrogens is 1. The third-order valence-electron chi connectivity index (χ3n) is 1.98. The Kier molecular flexibility index (Phi) is 2.00. The Morgan fingerprint density at radius 2 is 2.00 bits per heavy atom. The largest absolute Gasteiger partial charge is 0.255 e. The minimum absolute atomic E-state index is 1.08. The predicted molar refractivity (Wildman–Crippen MR) is 59.2 cm³/mol. The van der Waals surface area contributed by atoms with E-state index in [0.717, 1.165) is 5.52 Å². The van der Waals surface area contributed by atoms with E-state index in [1.54, 1.807) is 0 Å². The summed E-state index contributed by atoms with van der Waals surface area (Å²) in [6.07, 6.45) is 1.91.